The van der Waals surface area contributed by atoms with E-state index in [0.717, 1.165) is 5.82 Å². The fraction of sp³-hybridized carbons (Fsp3) is 0.400. The van der Waals surface area contributed by atoms with Gasteiger partial charge in [-0.05, 0) is 26.0 Å². The molecule has 15 heavy (non-hydrogen) atoms. The minimum atomic E-state index is -0.806. The first kappa shape index (κ1) is 11.3. The van der Waals surface area contributed by atoms with Crippen LogP contribution >= 0.6 is 0 Å². The lowest BCUT2D eigenvalue weighted by Crippen LogP contribution is -2.45. The van der Waals surface area contributed by atoms with E-state index in [1.165, 1.54) is 0 Å². The number of amides is 1. The van der Waals surface area contributed by atoms with Crippen LogP contribution in [-0.4, -0.2) is 23.5 Å². The van der Waals surface area contributed by atoms with Crippen molar-refractivity contribution in [2.75, 3.05) is 17.7 Å². The van der Waals surface area contributed by atoms with Crippen LogP contribution in [0.3, 0.4) is 0 Å². The van der Waals surface area contributed by atoms with Gasteiger partial charge in [0.25, 0.3) is 0 Å². The van der Waals surface area contributed by atoms with E-state index in [-0.39, 0.29) is 0 Å². The Morgan fingerprint density at radius 3 is 2.53 bits per heavy atom. The van der Waals surface area contributed by atoms with Crippen molar-refractivity contribution in [3.63, 3.8) is 0 Å². The van der Waals surface area contributed by atoms with Crippen molar-refractivity contribution in [1.29, 1.82) is 0 Å². The van der Waals surface area contributed by atoms with Crippen LogP contribution in [0.5, 0.6) is 0 Å². The van der Waals surface area contributed by atoms with Gasteiger partial charge in [0, 0.05) is 7.05 Å². The molecule has 0 radical (unpaired) electrons. The highest BCUT2D eigenvalue weighted by atomic mass is 16.1. The zero-order valence-electron chi connectivity index (χ0n) is 9.16. The lowest BCUT2D eigenvalue weighted by atomic mass is 10.1. The quantitative estimate of drug-likeness (QED) is 0.683. The first-order chi connectivity index (χ1) is 6.95. The Hall–Kier alpha value is -1.78. The molecule has 0 unspecified atom stereocenters. The second kappa shape index (κ2) is 4.16. The Bertz CT molecular complexity index is 362. The summed E-state index contributed by atoms with van der Waals surface area (Å²) >= 11 is 0. The summed E-state index contributed by atoms with van der Waals surface area (Å²) in [5.74, 6) is 0.935. The Balaban J connectivity index is 2.85. The maximum absolute atomic E-state index is 11.1. The largest absolute Gasteiger partial charge is 0.373 e. The summed E-state index contributed by atoms with van der Waals surface area (Å²) in [6, 6.07) is 5.46. The first-order valence-corrected chi connectivity index (χ1v) is 4.68. The van der Waals surface area contributed by atoms with Gasteiger partial charge in [0.05, 0.1) is 0 Å². The summed E-state index contributed by atoms with van der Waals surface area (Å²) in [4.78, 5) is 15.3. The minimum absolute atomic E-state index is 0.417. The highest BCUT2D eigenvalue weighted by molar-refractivity contribution is 5.86. The van der Waals surface area contributed by atoms with Crippen LogP contribution in [0, 0.1) is 0 Å². The molecule has 0 aromatic carbocycles. The van der Waals surface area contributed by atoms with Crippen LogP contribution < -0.4 is 16.4 Å². The van der Waals surface area contributed by atoms with E-state index in [9.17, 15) is 4.79 Å². The van der Waals surface area contributed by atoms with E-state index in [1.54, 1.807) is 27.0 Å². The first-order valence-electron chi connectivity index (χ1n) is 4.68. The van der Waals surface area contributed by atoms with Gasteiger partial charge in [0.1, 0.15) is 17.2 Å². The van der Waals surface area contributed by atoms with Gasteiger partial charge >= 0.3 is 0 Å². The Kier molecular flexibility index (Phi) is 3.14. The van der Waals surface area contributed by atoms with Crippen molar-refractivity contribution in [3.8, 4) is 0 Å². The number of rotatable bonds is 4. The van der Waals surface area contributed by atoms with Gasteiger partial charge in [0.15, 0.2) is 0 Å². The molecule has 0 saturated carbocycles. The van der Waals surface area contributed by atoms with Crippen molar-refractivity contribution in [3.05, 3.63) is 18.2 Å². The lowest BCUT2D eigenvalue weighted by molar-refractivity contribution is -0.121. The third kappa shape index (κ3) is 2.83. The molecule has 0 bridgehead atoms. The lowest BCUT2D eigenvalue weighted by Gasteiger charge is -2.23. The smallest absolute Gasteiger partial charge is 0.242 e. The number of anilines is 2. The molecule has 0 fully saturated rings. The van der Waals surface area contributed by atoms with E-state index >= 15 is 0 Å². The maximum atomic E-state index is 11.1. The van der Waals surface area contributed by atoms with Gasteiger partial charge in [-0.2, -0.15) is 0 Å². The molecule has 1 aromatic rings. The molecule has 1 amide bonds. The van der Waals surface area contributed by atoms with Crippen LogP contribution in [0.1, 0.15) is 13.8 Å². The monoisotopic (exact) mass is 208 g/mol. The zero-order valence-corrected chi connectivity index (χ0v) is 9.16. The Morgan fingerprint density at radius 2 is 2.00 bits per heavy atom. The average Bonchev–Trinajstić information content (AvgIpc) is 2.17. The molecule has 0 saturated heterocycles. The third-order valence-corrected chi connectivity index (χ3v) is 2.06. The SMILES string of the molecule is CNc1cccc(NC(C)(C)C(N)=O)n1. The van der Waals surface area contributed by atoms with E-state index < -0.39 is 11.4 Å². The van der Waals surface area contributed by atoms with Crippen LogP contribution in [0.15, 0.2) is 18.2 Å². The molecule has 5 heteroatoms. The van der Waals surface area contributed by atoms with Crippen molar-refractivity contribution >= 4 is 17.5 Å². The summed E-state index contributed by atoms with van der Waals surface area (Å²) in [6.07, 6.45) is 0. The second-order valence-corrected chi connectivity index (χ2v) is 3.77. The van der Waals surface area contributed by atoms with E-state index in [0.29, 0.717) is 5.82 Å². The standard InChI is InChI=1S/C10H16N4O/c1-10(2,9(11)15)14-8-6-4-5-7(12-3)13-8/h4-6H,1-3H3,(H2,11,15)(H2,12,13,14). The molecule has 0 aliphatic rings. The summed E-state index contributed by atoms with van der Waals surface area (Å²) in [6.45, 7) is 3.42. The molecule has 0 spiro atoms. The fourth-order valence-corrected chi connectivity index (χ4v) is 1.03. The van der Waals surface area contributed by atoms with Gasteiger partial charge in [0.2, 0.25) is 5.91 Å². The average molecular weight is 208 g/mol. The number of carbonyl (C=O) groups is 1. The number of nitrogens with two attached hydrogens (primary N) is 1. The number of aromatic nitrogens is 1. The predicted molar refractivity (Wildman–Crippen MR) is 60.7 cm³/mol. The second-order valence-electron chi connectivity index (χ2n) is 3.77. The highest BCUT2D eigenvalue weighted by Crippen LogP contribution is 2.14. The number of hydrogen-bond donors (Lipinski definition) is 3. The molecule has 1 heterocycles. The molecule has 0 atom stereocenters. The summed E-state index contributed by atoms with van der Waals surface area (Å²) in [5.41, 5.74) is 4.44. The van der Waals surface area contributed by atoms with E-state index in [1.807, 2.05) is 12.1 Å². The van der Waals surface area contributed by atoms with Crippen LogP contribution in [0.2, 0.25) is 0 Å². The topological polar surface area (TPSA) is 80.0 Å². The molecule has 5 nitrogen and oxygen atoms in total. The van der Waals surface area contributed by atoms with Crippen molar-refractivity contribution in [2.24, 2.45) is 5.73 Å². The number of nitrogens with zero attached hydrogens (tertiary/aromatic N) is 1. The number of nitrogens with one attached hydrogen (secondary N) is 2. The molecule has 82 valence electrons. The van der Waals surface area contributed by atoms with E-state index in [2.05, 4.69) is 15.6 Å². The summed E-state index contributed by atoms with van der Waals surface area (Å²) in [5, 5.41) is 5.88. The van der Waals surface area contributed by atoms with Gasteiger partial charge in [-0.1, -0.05) is 6.07 Å². The van der Waals surface area contributed by atoms with Crippen LogP contribution in [0.4, 0.5) is 11.6 Å². The van der Waals surface area contributed by atoms with Gasteiger partial charge < -0.3 is 16.4 Å². The molecular weight excluding hydrogens is 192 g/mol. The number of pyridine rings is 1. The summed E-state index contributed by atoms with van der Waals surface area (Å²) < 4.78 is 0. The molecule has 1 aromatic heterocycles. The van der Waals surface area contributed by atoms with Crippen molar-refractivity contribution in [2.45, 2.75) is 19.4 Å². The number of carbonyl (C=O) groups excluding carboxylic acids is 1. The maximum Gasteiger partial charge on any atom is 0.242 e. The molecule has 0 aliphatic carbocycles. The van der Waals surface area contributed by atoms with Crippen LogP contribution in [0.25, 0.3) is 0 Å². The summed E-state index contributed by atoms with van der Waals surface area (Å²) in [7, 11) is 1.78. The Labute approximate surface area is 89.1 Å². The molecule has 0 aliphatic heterocycles. The van der Waals surface area contributed by atoms with Crippen LogP contribution in [-0.2, 0) is 4.79 Å². The molecule has 1 rings (SSSR count). The molecule has 4 N–H and O–H groups in total. The normalized spacial score (nSPS) is 10.9. The van der Waals surface area contributed by atoms with Gasteiger partial charge in [-0.25, -0.2) is 4.98 Å². The van der Waals surface area contributed by atoms with Gasteiger partial charge in [-0.3, -0.25) is 4.79 Å². The van der Waals surface area contributed by atoms with E-state index in [4.69, 9.17) is 5.73 Å². The Morgan fingerprint density at radius 1 is 1.40 bits per heavy atom. The third-order valence-electron chi connectivity index (χ3n) is 2.06. The minimum Gasteiger partial charge on any atom is -0.373 e. The number of hydrogen-bond acceptors (Lipinski definition) is 4. The highest BCUT2D eigenvalue weighted by Gasteiger charge is 2.24. The zero-order chi connectivity index (χ0) is 11.5. The van der Waals surface area contributed by atoms with Crippen molar-refractivity contribution in [1.82, 2.24) is 4.98 Å². The predicted octanol–water partition coefficient (Wildman–Crippen LogP) is 0.799. The van der Waals surface area contributed by atoms with Crippen molar-refractivity contribution < 1.29 is 4.79 Å². The van der Waals surface area contributed by atoms with Gasteiger partial charge in [-0.15, -0.1) is 0 Å². The number of primary amides is 1. The molecular formula is C10H16N4O. The fourth-order valence-electron chi connectivity index (χ4n) is 1.03.